The predicted octanol–water partition coefficient (Wildman–Crippen LogP) is 4.55. The van der Waals surface area contributed by atoms with E-state index in [0.717, 1.165) is 17.5 Å². The van der Waals surface area contributed by atoms with Crippen molar-refractivity contribution in [1.29, 1.82) is 0 Å². The van der Waals surface area contributed by atoms with Gasteiger partial charge in [0.2, 0.25) is 0 Å². The van der Waals surface area contributed by atoms with E-state index in [0.29, 0.717) is 11.5 Å². The average Bonchev–Trinajstić information content (AvgIpc) is 2.41. The SMILES string of the molecule is Cc1ccc(C(C)(N)c2cccc(CC(C)C)c2)cc1F. The fourth-order valence-electron chi connectivity index (χ4n) is 2.58. The van der Waals surface area contributed by atoms with Crippen LogP contribution in [0, 0.1) is 18.7 Å². The number of nitrogens with two attached hydrogens (primary N) is 1. The molecule has 2 aromatic carbocycles. The van der Waals surface area contributed by atoms with Gasteiger partial charge in [0.25, 0.3) is 0 Å². The molecule has 0 aromatic heterocycles. The molecule has 0 bridgehead atoms. The lowest BCUT2D eigenvalue weighted by atomic mass is 9.84. The molecule has 1 unspecified atom stereocenters. The molecule has 2 rings (SSSR count). The van der Waals surface area contributed by atoms with Gasteiger partial charge in [0.15, 0.2) is 0 Å². The summed E-state index contributed by atoms with van der Waals surface area (Å²) in [7, 11) is 0. The van der Waals surface area contributed by atoms with Crippen LogP contribution in [0.5, 0.6) is 0 Å². The molecule has 1 nitrogen and oxygen atoms in total. The Morgan fingerprint density at radius 3 is 2.38 bits per heavy atom. The van der Waals surface area contributed by atoms with Crippen molar-refractivity contribution in [2.24, 2.45) is 11.7 Å². The Hall–Kier alpha value is -1.67. The van der Waals surface area contributed by atoms with Crippen molar-refractivity contribution >= 4 is 0 Å². The third kappa shape index (κ3) is 3.51. The summed E-state index contributed by atoms with van der Waals surface area (Å²) in [4.78, 5) is 0. The van der Waals surface area contributed by atoms with E-state index in [1.807, 2.05) is 25.1 Å². The Labute approximate surface area is 127 Å². The minimum atomic E-state index is -0.693. The smallest absolute Gasteiger partial charge is 0.126 e. The molecule has 2 aromatic rings. The Morgan fingerprint density at radius 1 is 1.10 bits per heavy atom. The van der Waals surface area contributed by atoms with Gasteiger partial charge in [-0.25, -0.2) is 4.39 Å². The minimum absolute atomic E-state index is 0.206. The first kappa shape index (κ1) is 15.7. The molecule has 2 heteroatoms. The minimum Gasteiger partial charge on any atom is -0.318 e. The highest BCUT2D eigenvalue weighted by Crippen LogP contribution is 2.28. The summed E-state index contributed by atoms with van der Waals surface area (Å²) in [5.74, 6) is 0.392. The molecule has 0 heterocycles. The molecule has 21 heavy (non-hydrogen) atoms. The number of benzene rings is 2. The van der Waals surface area contributed by atoms with E-state index in [-0.39, 0.29) is 5.82 Å². The zero-order valence-corrected chi connectivity index (χ0v) is 13.3. The Bertz CT molecular complexity index is 629. The van der Waals surface area contributed by atoms with E-state index < -0.39 is 5.54 Å². The van der Waals surface area contributed by atoms with Gasteiger partial charge in [0.1, 0.15) is 5.82 Å². The maximum Gasteiger partial charge on any atom is 0.126 e. The first-order valence-electron chi connectivity index (χ1n) is 7.45. The summed E-state index contributed by atoms with van der Waals surface area (Å²) in [6.45, 7) is 8.09. The second-order valence-electron chi connectivity index (χ2n) is 6.46. The molecule has 0 aliphatic carbocycles. The molecular formula is C19H24FN. The highest BCUT2D eigenvalue weighted by molar-refractivity contribution is 5.40. The summed E-state index contributed by atoms with van der Waals surface area (Å²) in [6.07, 6.45) is 1.02. The molecule has 2 N–H and O–H groups in total. The molecular weight excluding hydrogens is 261 g/mol. The van der Waals surface area contributed by atoms with Crippen molar-refractivity contribution in [3.8, 4) is 0 Å². The molecule has 1 atom stereocenters. The van der Waals surface area contributed by atoms with Gasteiger partial charge in [-0.05, 0) is 54.5 Å². The summed E-state index contributed by atoms with van der Waals surface area (Å²) in [5, 5.41) is 0. The van der Waals surface area contributed by atoms with E-state index in [4.69, 9.17) is 5.73 Å². The molecule has 112 valence electrons. The largest absolute Gasteiger partial charge is 0.318 e. The van der Waals surface area contributed by atoms with Crippen LogP contribution >= 0.6 is 0 Å². The second kappa shape index (κ2) is 5.98. The number of halogens is 1. The van der Waals surface area contributed by atoms with Crippen molar-refractivity contribution in [2.45, 2.75) is 39.7 Å². The summed E-state index contributed by atoms with van der Waals surface area (Å²) in [5.41, 5.74) is 9.55. The fourth-order valence-corrected chi connectivity index (χ4v) is 2.58. The van der Waals surface area contributed by atoms with Crippen LogP contribution in [0.3, 0.4) is 0 Å². The number of hydrogen-bond acceptors (Lipinski definition) is 1. The van der Waals surface area contributed by atoms with Crippen molar-refractivity contribution in [3.63, 3.8) is 0 Å². The summed E-state index contributed by atoms with van der Waals surface area (Å²) in [6, 6.07) is 13.5. The van der Waals surface area contributed by atoms with Crippen molar-refractivity contribution in [3.05, 3.63) is 70.5 Å². The van der Waals surface area contributed by atoms with Gasteiger partial charge in [-0.3, -0.25) is 0 Å². The zero-order chi connectivity index (χ0) is 15.6. The number of hydrogen-bond donors (Lipinski definition) is 1. The maximum atomic E-state index is 13.8. The van der Waals surface area contributed by atoms with Gasteiger partial charge in [-0.2, -0.15) is 0 Å². The van der Waals surface area contributed by atoms with Gasteiger partial charge in [0.05, 0.1) is 5.54 Å². The molecule has 0 spiro atoms. The van der Waals surface area contributed by atoms with Crippen LogP contribution in [0.1, 0.15) is 43.0 Å². The van der Waals surface area contributed by atoms with Crippen LogP contribution in [0.4, 0.5) is 4.39 Å². The molecule has 0 saturated carbocycles. The highest BCUT2D eigenvalue weighted by atomic mass is 19.1. The van der Waals surface area contributed by atoms with E-state index in [1.54, 1.807) is 19.1 Å². The molecule has 0 aliphatic heterocycles. The van der Waals surface area contributed by atoms with E-state index >= 15 is 0 Å². The molecule has 0 aliphatic rings. The Morgan fingerprint density at radius 2 is 1.76 bits per heavy atom. The van der Waals surface area contributed by atoms with E-state index in [2.05, 4.69) is 26.0 Å². The van der Waals surface area contributed by atoms with E-state index in [9.17, 15) is 4.39 Å². The van der Waals surface area contributed by atoms with E-state index in [1.165, 1.54) is 5.56 Å². The molecule has 0 radical (unpaired) electrons. The first-order valence-corrected chi connectivity index (χ1v) is 7.45. The van der Waals surface area contributed by atoms with Crippen LogP contribution in [0.25, 0.3) is 0 Å². The van der Waals surface area contributed by atoms with Crippen LogP contribution in [-0.4, -0.2) is 0 Å². The Balaban J connectivity index is 2.40. The van der Waals surface area contributed by atoms with Gasteiger partial charge < -0.3 is 5.73 Å². The zero-order valence-electron chi connectivity index (χ0n) is 13.3. The predicted molar refractivity (Wildman–Crippen MR) is 86.8 cm³/mol. The molecule has 0 fully saturated rings. The van der Waals surface area contributed by atoms with Gasteiger partial charge in [0, 0.05) is 0 Å². The third-order valence-corrected chi connectivity index (χ3v) is 3.94. The lowest BCUT2D eigenvalue weighted by Crippen LogP contribution is -2.34. The lowest BCUT2D eigenvalue weighted by molar-refractivity contribution is 0.575. The summed E-state index contributed by atoms with van der Waals surface area (Å²) >= 11 is 0. The fraction of sp³-hybridized carbons (Fsp3) is 0.368. The van der Waals surface area contributed by atoms with Crippen LogP contribution in [-0.2, 0) is 12.0 Å². The van der Waals surface area contributed by atoms with Gasteiger partial charge in [-0.1, -0.05) is 50.2 Å². The van der Waals surface area contributed by atoms with Crippen LogP contribution < -0.4 is 5.73 Å². The second-order valence-corrected chi connectivity index (χ2v) is 6.46. The standard InChI is InChI=1S/C19H24FN/c1-13(2)10-15-6-5-7-16(11-15)19(4,21)17-9-8-14(3)18(20)12-17/h5-9,11-13H,10,21H2,1-4H3. The Kier molecular flexibility index (Phi) is 4.48. The van der Waals surface area contributed by atoms with Crippen LogP contribution in [0.15, 0.2) is 42.5 Å². The number of aryl methyl sites for hydroxylation is 1. The summed E-state index contributed by atoms with van der Waals surface area (Å²) < 4.78 is 13.8. The molecule has 0 saturated heterocycles. The third-order valence-electron chi connectivity index (χ3n) is 3.94. The van der Waals surface area contributed by atoms with Gasteiger partial charge >= 0.3 is 0 Å². The monoisotopic (exact) mass is 285 g/mol. The molecule has 0 amide bonds. The highest BCUT2D eigenvalue weighted by Gasteiger charge is 2.24. The first-order chi connectivity index (χ1) is 9.80. The topological polar surface area (TPSA) is 26.0 Å². The quantitative estimate of drug-likeness (QED) is 0.876. The average molecular weight is 285 g/mol. The lowest BCUT2D eigenvalue weighted by Gasteiger charge is -2.27. The van der Waals surface area contributed by atoms with Gasteiger partial charge in [-0.15, -0.1) is 0 Å². The van der Waals surface area contributed by atoms with Crippen molar-refractivity contribution in [1.82, 2.24) is 0 Å². The van der Waals surface area contributed by atoms with Crippen LogP contribution in [0.2, 0.25) is 0 Å². The van der Waals surface area contributed by atoms with Crippen molar-refractivity contribution in [2.75, 3.05) is 0 Å². The maximum absolute atomic E-state index is 13.8. The normalized spacial score (nSPS) is 14.2. The number of rotatable bonds is 4. The van der Waals surface area contributed by atoms with Crippen molar-refractivity contribution < 1.29 is 4.39 Å².